The van der Waals surface area contributed by atoms with Crippen molar-refractivity contribution in [1.82, 2.24) is 0 Å². The minimum absolute atomic E-state index is 0.192. The maximum atomic E-state index is 11.8. The molecule has 0 aromatic heterocycles. The zero-order chi connectivity index (χ0) is 14.4. The summed E-state index contributed by atoms with van der Waals surface area (Å²) >= 11 is 0. The fourth-order valence-corrected chi connectivity index (χ4v) is 2.21. The summed E-state index contributed by atoms with van der Waals surface area (Å²) in [5.41, 5.74) is 1.95. The van der Waals surface area contributed by atoms with Gasteiger partial charge in [0.25, 0.3) is 0 Å². The highest BCUT2D eigenvalue weighted by molar-refractivity contribution is 5.98. The molecular formula is C16H19NO3. The first kappa shape index (κ1) is 14.3. The fourth-order valence-electron chi connectivity index (χ4n) is 2.21. The molecule has 0 amide bonds. The summed E-state index contributed by atoms with van der Waals surface area (Å²) in [6, 6.07) is 7.14. The molecule has 0 bridgehead atoms. The second-order valence-corrected chi connectivity index (χ2v) is 4.71. The molecule has 106 valence electrons. The summed E-state index contributed by atoms with van der Waals surface area (Å²) in [7, 11) is 0. The standard InChI is InChI=1S/C16H19NO3/c1-2-20-16(19)13-8-4-5-9-14(13)17-11-12-7-3-6-10-15(12)18/h4-5,8-9,11,17H,2-3,6-7,10H2,1H3/b12-11-. The first-order valence-electron chi connectivity index (χ1n) is 6.97. The van der Waals surface area contributed by atoms with Crippen LogP contribution in [0, 0.1) is 0 Å². The van der Waals surface area contributed by atoms with E-state index in [4.69, 9.17) is 4.74 Å². The first-order valence-corrected chi connectivity index (χ1v) is 6.97. The van der Waals surface area contributed by atoms with Gasteiger partial charge in [-0.05, 0) is 38.3 Å². The van der Waals surface area contributed by atoms with E-state index in [1.54, 1.807) is 31.3 Å². The van der Waals surface area contributed by atoms with E-state index >= 15 is 0 Å². The fraction of sp³-hybridized carbons (Fsp3) is 0.375. The number of carbonyl (C=O) groups excluding carboxylic acids is 2. The molecule has 20 heavy (non-hydrogen) atoms. The number of esters is 1. The van der Waals surface area contributed by atoms with Gasteiger partial charge in [-0.25, -0.2) is 4.79 Å². The molecule has 1 saturated carbocycles. The number of benzene rings is 1. The average Bonchev–Trinajstić information content (AvgIpc) is 2.47. The van der Waals surface area contributed by atoms with Crippen LogP contribution in [0.25, 0.3) is 0 Å². The molecule has 0 saturated heterocycles. The van der Waals surface area contributed by atoms with Gasteiger partial charge in [-0.2, -0.15) is 0 Å². The molecule has 1 aliphatic carbocycles. The Morgan fingerprint density at radius 3 is 2.80 bits per heavy atom. The molecule has 0 radical (unpaired) electrons. The van der Waals surface area contributed by atoms with E-state index in [2.05, 4.69) is 5.32 Å². The van der Waals surface area contributed by atoms with E-state index in [1.807, 2.05) is 6.07 Å². The molecule has 1 aromatic carbocycles. The van der Waals surface area contributed by atoms with Crippen molar-refractivity contribution in [2.45, 2.75) is 32.6 Å². The Morgan fingerprint density at radius 2 is 2.05 bits per heavy atom. The predicted octanol–water partition coefficient (Wildman–Crippen LogP) is 3.30. The van der Waals surface area contributed by atoms with Gasteiger partial charge in [0.05, 0.1) is 17.9 Å². The highest BCUT2D eigenvalue weighted by atomic mass is 16.5. The van der Waals surface area contributed by atoms with Crippen molar-refractivity contribution in [3.8, 4) is 0 Å². The van der Waals surface area contributed by atoms with Crippen LogP contribution in [0.2, 0.25) is 0 Å². The third-order valence-electron chi connectivity index (χ3n) is 3.28. The number of rotatable bonds is 4. The van der Waals surface area contributed by atoms with Gasteiger partial charge in [0.1, 0.15) is 0 Å². The first-order chi connectivity index (χ1) is 9.72. The van der Waals surface area contributed by atoms with E-state index in [-0.39, 0.29) is 11.8 Å². The van der Waals surface area contributed by atoms with E-state index < -0.39 is 0 Å². The Morgan fingerprint density at radius 1 is 1.30 bits per heavy atom. The number of allylic oxidation sites excluding steroid dienone is 1. The number of carbonyl (C=O) groups is 2. The number of Topliss-reactive ketones (excluding diaryl/α,β-unsaturated/α-hetero) is 1. The summed E-state index contributed by atoms with van der Waals surface area (Å²) in [4.78, 5) is 23.6. The number of hydrogen-bond acceptors (Lipinski definition) is 4. The normalized spacial score (nSPS) is 17.1. The number of nitrogens with one attached hydrogen (secondary N) is 1. The molecule has 4 nitrogen and oxygen atoms in total. The lowest BCUT2D eigenvalue weighted by Crippen LogP contribution is -2.11. The zero-order valence-corrected chi connectivity index (χ0v) is 11.6. The van der Waals surface area contributed by atoms with Gasteiger partial charge in [-0.15, -0.1) is 0 Å². The largest absolute Gasteiger partial charge is 0.462 e. The van der Waals surface area contributed by atoms with E-state index in [9.17, 15) is 9.59 Å². The molecule has 0 spiro atoms. The van der Waals surface area contributed by atoms with Gasteiger partial charge in [-0.1, -0.05) is 12.1 Å². The van der Waals surface area contributed by atoms with Crippen LogP contribution in [0.3, 0.4) is 0 Å². The lowest BCUT2D eigenvalue weighted by Gasteiger charge is -2.14. The monoisotopic (exact) mass is 273 g/mol. The van der Waals surface area contributed by atoms with Crippen LogP contribution in [-0.4, -0.2) is 18.4 Å². The molecule has 0 atom stereocenters. The van der Waals surface area contributed by atoms with Crippen LogP contribution < -0.4 is 5.32 Å². The number of para-hydroxylation sites is 1. The lowest BCUT2D eigenvalue weighted by atomic mass is 9.94. The highest BCUT2D eigenvalue weighted by Gasteiger charge is 2.15. The number of ketones is 1. The van der Waals surface area contributed by atoms with Crippen LogP contribution >= 0.6 is 0 Å². The van der Waals surface area contributed by atoms with Gasteiger partial charge in [0.15, 0.2) is 5.78 Å². The van der Waals surface area contributed by atoms with Gasteiger partial charge < -0.3 is 10.1 Å². The third-order valence-corrected chi connectivity index (χ3v) is 3.28. The molecule has 4 heteroatoms. The lowest BCUT2D eigenvalue weighted by molar-refractivity contribution is -0.116. The number of ether oxygens (including phenoxy) is 1. The van der Waals surface area contributed by atoms with Gasteiger partial charge in [-0.3, -0.25) is 4.79 Å². The van der Waals surface area contributed by atoms with E-state index in [0.717, 1.165) is 24.8 Å². The molecule has 1 fully saturated rings. The Balaban J connectivity index is 2.15. The minimum atomic E-state index is -0.357. The summed E-state index contributed by atoms with van der Waals surface area (Å²) < 4.78 is 5.01. The third kappa shape index (κ3) is 3.47. The van der Waals surface area contributed by atoms with Crippen molar-refractivity contribution >= 4 is 17.4 Å². The van der Waals surface area contributed by atoms with Gasteiger partial charge in [0, 0.05) is 18.2 Å². The molecule has 2 rings (SSSR count). The van der Waals surface area contributed by atoms with Crippen LogP contribution in [0.5, 0.6) is 0 Å². The smallest absolute Gasteiger partial charge is 0.340 e. The van der Waals surface area contributed by atoms with Crippen molar-refractivity contribution in [1.29, 1.82) is 0 Å². The molecule has 1 aromatic rings. The van der Waals surface area contributed by atoms with Crippen LogP contribution in [0.1, 0.15) is 43.0 Å². The zero-order valence-electron chi connectivity index (χ0n) is 11.6. The summed E-state index contributed by atoms with van der Waals surface area (Å²) in [6.07, 6.45) is 5.15. The van der Waals surface area contributed by atoms with Crippen molar-refractivity contribution in [2.75, 3.05) is 11.9 Å². The topological polar surface area (TPSA) is 55.4 Å². The van der Waals surface area contributed by atoms with Crippen LogP contribution in [-0.2, 0) is 9.53 Å². The summed E-state index contributed by atoms with van der Waals surface area (Å²) in [6.45, 7) is 2.11. The quantitative estimate of drug-likeness (QED) is 0.675. The average molecular weight is 273 g/mol. The highest BCUT2D eigenvalue weighted by Crippen LogP contribution is 2.21. The van der Waals surface area contributed by atoms with Crippen LogP contribution in [0.4, 0.5) is 5.69 Å². The van der Waals surface area contributed by atoms with Crippen molar-refractivity contribution in [2.24, 2.45) is 0 Å². The molecule has 1 N–H and O–H groups in total. The Labute approximate surface area is 118 Å². The van der Waals surface area contributed by atoms with Crippen molar-refractivity contribution < 1.29 is 14.3 Å². The Kier molecular flexibility index (Phi) is 4.93. The minimum Gasteiger partial charge on any atom is -0.462 e. The van der Waals surface area contributed by atoms with Gasteiger partial charge in [0.2, 0.25) is 0 Å². The van der Waals surface area contributed by atoms with Crippen molar-refractivity contribution in [3.63, 3.8) is 0 Å². The van der Waals surface area contributed by atoms with E-state index in [0.29, 0.717) is 24.3 Å². The van der Waals surface area contributed by atoms with E-state index in [1.165, 1.54) is 0 Å². The number of anilines is 1. The Hall–Kier alpha value is -2.10. The molecule has 0 unspecified atom stereocenters. The summed E-state index contributed by atoms with van der Waals surface area (Å²) in [5, 5.41) is 3.07. The number of hydrogen-bond donors (Lipinski definition) is 1. The molecule has 1 aliphatic rings. The van der Waals surface area contributed by atoms with Crippen molar-refractivity contribution in [3.05, 3.63) is 41.6 Å². The SMILES string of the molecule is CCOC(=O)c1ccccc1N/C=C1/CCCCC1=O. The summed E-state index contributed by atoms with van der Waals surface area (Å²) in [5.74, 6) is -0.165. The maximum absolute atomic E-state index is 11.8. The second-order valence-electron chi connectivity index (χ2n) is 4.71. The van der Waals surface area contributed by atoms with Crippen LogP contribution in [0.15, 0.2) is 36.0 Å². The predicted molar refractivity (Wildman–Crippen MR) is 77.6 cm³/mol. The maximum Gasteiger partial charge on any atom is 0.340 e. The Bertz CT molecular complexity index is 534. The second kappa shape index (κ2) is 6.89. The van der Waals surface area contributed by atoms with Gasteiger partial charge >= 0.3 is 5.97 Å². The molecule has 0 heterocycles. The molecular weight excluding hydrogens is 254 g/mol. The molecule has 0 aliphatic heterocycles.